The molecule has 0 saturated heterocycles. The first kappa shape index (κ1) is 23.4. The number of esters is 1. The zero-order valence-electron chi connectivity index (χ0n) is 17.4. The lowest BCUT2D eigenvalue weighted by Crippen LogP contribution is -2.32. The highest BCUT2D eigenvalue weighted by atomic mass is 35.5. The van der Waals surface area contributed by atoms with Crippen molar-refractivity contribution >= 4 is 46.4 Å². The van der Waals surface area contributed by atoms with E-state index in [2.05, 4.69) is 0 Å². The van der Waals surface area contributed by atoms with Crippen LogP contribution in [0.1, 0.15) is 25.6 Å². The Kier molecular flexibility index (Phi) is 7.61. The van der Waals surface area contributed by atoms with Crippen LogP contribution in [0.5, 0.6) is 0 Å². The molecule has 0 N–H and O–H groups in total. The fraction of sp³-hybridized carbons (Fsp3) is 0.174. The van der Waals surface area contributed by atoms with Crippen LogP contribution in [0.25, 0.3) is 0 Å². The number of anilines is 1. The third kappa shape index (κ3) is 5.33. The molecule has 0 aliphatic heterocycles. The average molecular weight is 475 g/mol. The largest absolute Gasteiger partial charge is 0.452 e. The molecule has 0 fully saturated rings. The lowest BCUT2D eigenvalue weighted by Gasteiger charge is -2.20. The molecule has 0 aliphatic rings. The first-order valence-electron chi connectivity index (χ1n) is 9.54. The number of rotatable bonds is 7. The molecule has 9 heteroatoms. The molecule has 0 spiro atoms. The molecule has 0 aliphatic carbocycles. The minimum atomic E-state index is -0.753. The van der Waals surface area contributed by atoms with E-state index in [1.165, 1.54) is 52.4 Å². The lowest BCUT2D eigenvalue weighted by atomic mass is 10.1. The van der Waals surface area contributed by atoms with Gasteiger partial charge in [-0.05, 0) is 35.7 Å². The maximum Gasteiger partial charge on any atom is 0.340 e. The van der Waals surface area contributed by atoms with Gasteiger partial charge in [0.2, 0.25) is 0 Å². The first-order valence-corrected chi connectivity index (χ1v) is 10.8. The van der Waals surface area contributed by atoms with E-state index in [1.54, 1.807) is 42.8 Å². The van der Waals surface area contributed by atoms with Gasteiger partial charge in [-0.25, -0.2) is 9.18 Å². The predicted molar refractivity (Wildman–Crippen MR) is 122 cm³/mol. The van der Waals surface area contributed by atoms with Gasteiger partial charge in [-0.1, -0.05) is 35.9 Å². The summed E-state index contributed by atoms with van der Waals surface area (Å²) in [6, 6.07) is 14.2. The predicted octanol–water partition coefficient (Wildman–Crippen LogP) is 4.63. The zero-order valence-corrected chi connectivity index (χ0v) is 19.0. The monoisotopic (exact) mass is 474 g/mol. The second-order valence-electron chi connectivity index (χ2n) is 6.88. The molecule has 3 rings (SSSR count). The van der Waals surface area contributed by atoms with Crippen LogP contribution in [-0.2, 0) is 16.1 Å². The van der Waals surface area contributed by atoms with E-state index < -0.39 is 24.3 Å². The summed E-state index contributed by atoms with van der Waals surface area (Å²) in [7, 11) is 3.02. The van der Waals surface area contributed by atoms with Crippen LogP contribution in [0.15, 0.2) is 60.0 Å². The molecule has 6 nitrogen and oxygen atoms in total. The number of hydrogen-bond donors (Lipinski definition) is 0. The fourth-order valence-electron chi connectivity index (χ4n) is 2.94. The van der Waals surface area contributed by atoms with Crippen molar-refractivity contribution in [1.82, 2.24) is 4.90 Å². The maximum atomic E-state index is 14.0. The van der Waals surface area contributed by atoms with Gasteiger partial charge in [-0.3, -0.25) is 9.59 Å². The Balaban J connectivity index is 1.66. The molecule has 0 bridgehead atoms. The number of hydrogen-bond acceptors (Lipinski definition) is 5. The van der Waals surface area contributed by atoms with Crippen LogP contribution in [0.3, 0.4) is 0 Å². The molecule has 1 aromatic heterocycles. The molecule has 32 heavy (non-hydrogen) atoms. The third-order valence-corrected chi connectivity index (χ3v) is 5.94. The Morgan fingerprint density at radius 2 is 1.78 bits per heavy atom. The number of carbonyl (C=O) groups excluding carboxylic acids is 3. The van der Waals surface area contributed by atoms with E-state index in [1.807, 2.05) is 0 Å². The molecule has 3 aromatic rings. The van der Waals surface area contributed by atoms with Gasteiger partial charge in [0, 0.05) is 31.2 Å². The van der Waals surface area contributed by atoms with Crippen LogP contribution in [0.4, 0.5) is 10.1 Å². The molecule has 0 saturated carbocycles. The Morgan fingerprint density at radius 1 is 1.03 bits per heavy atom. The zero-order chi connectivity index (χ0) is 23.3. The fourth-order valence-corrected chi connectivity index (χ4v) is 3.86. The number of carbonyl (C=O) groups is 3. The minimum absolute atomic E-state index is 0.0729. The van der Waals surface area contributed by atoms with Crippen LogP contribution < -0.4 is 4.90 Å². The van der Waals surface area contributed by atoms with Crippen molar-refractivity contribution in [3.8, 4) is 0 Å². The van der Waals surface area contributed by atoms with Gasteiger partial charge in [0.1, 0.15) is 5.82 Å². The molecule has 166 valence electrons. The first-order chi connectivity index (χ1) is 15.3. The molecule has 2 amide bonds. The topological polar surface area (TPSA) is 66.9 Å². The maximum absolute atomic E-state index is 14.0. The van der Waals surface area contributed by atoms with Crippen LogP contribution in [0.2, 0.25) is 5.02 Å². The highest BCUT2D eigenvalue weighted by Gasteiger charge is 2.22. The highest BCUT2D eigenvalue weighted by molar-refractivity contribution is 7.12. The van der Waals surface area contributed by atoms with Crippen molar-refractivity contribution < 1.29 is 23.5 Å². The normalized spacial score (nSPS) is 10.5. The van der Waals surface area contributed by atoms with Crippen molar-refractivity contribution in [2.24, 2.45) is 0 Å². The molecule has 0 unspecified atom stereocenters. The van der Waals surface area contributed by atoms with Crippen molar-refractivity contribution in [2.45, 2.75) is 6.54 Å². The van der Waals surface area contributed by atoms with Crippen LogP contribution in [0, 0.1) is 5.82 Å². The van der Waals surface area contributed by atoms with Gasteiger partial charge >= 0.3 is 5.97 Å². The van der Waals surface area contributed by atoms with Gasteiger partial charge in [0.25, 0.3) is 11.8 Å². The Labute approximate surface area is 193 Å². The van der Waals surface area contributed by atoms with E-state index in [-0.39, 0.29) is 28.6 Å². The molecule has 1 heterocycles. The van der Waals surface area contributed by atoms with Crippen molar-refractivity contribution in [3.05, 3.63) is 86.8 Å². The van der Waals surface area contributed by atoms with Crippen LogP contribution in [-0.4, -0.2) is 43.4 Å². The minimum Gasteiger partial charge on any atom is -0.452 e. The van der Waals surface area contributed by atoms with Gasteiger partial charge in [-0.2, -0.15) is 0 Å². The van der Waals surface area contributed by atoms with E-state index >= 15 is 0 Å². The summed E-state index contributed by atoms with van der Waals surface area (Å²) in [5.74, 6) is -2.07. The number of ether oxygens (including phenoxy) is 1. The van der Waals surface area contributed by atoms with Gasteiger partial charge in [0.15, 0.2) is 6.61 Å². The lowest BCUT2D eigenvalue weighted by molar-refractivity contribution is -0.133. The smallest absolute Gasteiger partial charge is 0.340 e. The summed E-state index contributed by atoms with van der Waals surface area (Å²) in [4.78, 5) is 40.8. The van der Waals surface area contributed by atoms with E-state index in [4.69, 9.17) is 16.3 Å². The Hall–Kier alpha value is -3.23. The van der Waals surface area contributed by atoms with E-state index in [0.717, 1.165) is 0 Å². The number of halogens is 2. The summed E-state index contributed by atoms with van der Waals surface area (Å²) in [6.45, 7) is -0.616. The summed E-state index contributed by atoms with van der Waals surface area (Å²) in [5.41, 5.74) is 0.678. The summed E-state index contributed by atoms with van der Waals surface area (Å²) in [6.07, 6.45) is 0. The Bertz CT molecular complexity index is 1120. The number of benzene rings is 2. The summed E-state index contributed by atoms with van der Waals surface area (Å²) in [5, 5.41) is 1.99. The molecular formula is C23H20ClFN2O4S. The number of amides is 2. The molecule has 0 atom stereocenters. The van der Waals surface area contributed by atoms with Crippen molar-refractivity contribution in [3.63, 3.8) is 0 Å². The second-order valence-corrected chi connectivity index (χ2v) is 8.24. The average Bonchev–Trinajstić information content (AvgIpc) is 3.33. The molecular weight excluding hydrogens is 455 g/mol. The van der Waals surface area contributed by atoms with Crippen molar-refractivity contribution in [1.29, 1.82) is 0 Å². The quantitative estimate of drug-likeness (QED) is 0.468. The third-order valence-electron chi connectivity index (χ3n) is 4.73. The molecule has 2 aromatic carbocycles. The van der Waals surface area contributed by atoms with Crippen LogP contribution >= 0.6 is 22.9 Å². The number of nitrogens with zero attached hydrogens (tertiary/aromatic N) is 2. The second kappa shape index (κ2) is 10.4. The van der Waals surface area contributed by atoms with Gasteiger partial charge in [0.05, 0.1) is 16.1 Å². The molecule has 0 radical (unpaired) electrons. The highest BCUT2D eigenvalue weighted by Crippen LogP contribution is 2.24. The van der Waals surface area contributed by atoms with Gasteiger partial charge in [-0.15, -0.1) is 11.3 Å². The number of thiophene rings is 1. The van der Waals surface area contributed by atoms with E-state index in [9.17, 15) is 18.8 Å². The summed E-state index contributed by atoms with van der Waals surface area (Å²) < 4.78 is 19.1. The van der Waals surface area contributed by atoms with Crippen molar-refractivity contribution in [2.75, 3.05) is 25.6 Å². The standard InChI is InChI=1S/C23H20ClFN2O4S/c1-26(13-16-17(24)8-5-9-18(16)25)21(28)14-31-23(30)15-7-3-4-10-19(15)27(2)22(29)20-11-6-12-32-20/h3-12H,13-14H2,1-2H3. The SMILES string of the molecule is CN(Cc1c(F)cccc1Cl)C(=O)COC(=O)c1ccccc1N(C)C(=O)c1cccs1. The Morgan fingerprint density at radius 3 is 2.47 bits per heavy atom. The number of likely N-dealkylation sites (N-methyl/N-ethyl adjacent to an activating group) is 1. The van der Waals surface area contributed by atoms with Gasteiger partial charge < -0.3 is 14.5 Å². The number of para-hydroxylation sites is 1. The van der Waals surface area contributed by atoms with E-state index in [0.29, 0.717) is 10.6 Å². The summed E-state index contributed by atoms with van der Waals surface area (Å²) >= 11 is 7.30.